The van der Waals surface area contributed by atoms with E-state index in [0.717, 1.165) is 52.2 Å². The zero-order chi connectivity index (χ0) is 19.9. The van der Waals surface area contributed by atoms with Gasteiger partial charge in [0, 0.05) is 53.0 Å². The first-order chi connectivity index (χ1) is 14.9. The quantitative estimate of drug-likeness (QED) is 0.468. The van der Waals surface area contributed by atoms with Crippen LogP contribution in [0.3, 0.4) is 0 Å². The number of nitrogens with one attached hydrogen (secondary N) is 2. The van der Waals surface area contributed by atoms with Crippen LogP contribution in [0.5, 0.6) is 0 Å². The summed E-state index contributed by atoms with van der Waals surface area (Å²) in [5.74, 6) is 0. The van der Waals surface area contributed by atoms with Gasteiger partial charge in [-0.25, -0.2) is 9.97 Å². The maximum atomic E-state index is 4.60. The van der Waals surface area contributed by atoms with Crippen LogP contribution in [0.4, 0.5) is 5.69 Å². The largest absolute Gasteiger partial charge is 0.371 e. The molecule has 0 unspecified atom stereocenters. The molecule has 0 radical (unpaired) electrons. The molecule has 0 amide bonds. The molecule has 0 bridgehead atoms. The summed E-state index contributed by atoms with van der Waals surface area (Å²) < 4.78 is 0. The highest BCUT2D eigenvalue weighted by atomic mass is 15.1. The minimum atomic E-state index is 0.830. The fourth-order valence-corrected chi connectivity index (χ4v) is 4.39. The molecule has 1 fully saturated rings. The van der Waals surface area contributed by atoms with Gasteiger partial charge in [-0.15, -0.1) is 0 Å². The molecule has 1 saturated heterocycles. The lowest BCUT2D eigenvalue weighted by Gasteiger charge is -2.29. The highest BCUT2D eigenvalue weighted by molar-refractivity contribution is 6.00. The Morgan fingerprint density at radius 1 is 0.867 bits per heavy atom. The smallest absolute Gasteiger partial charge is 0.116 e. The van der Waals surface area contributed by atoms with E-state index in [2.05, 4.69) is 59.3 Å². The number of hydrogen-bond donors (Lipinski definition) is 2. The van der Waals surface area contributed by atoms with Crippen molar-refractivity contribution < 1.29 is 0 Å². The number of benzene rings is 1. The predicted molar refractivity (Wildman–Crippen MR) is 118 cm³/mol. The van der Waals surface area contributed by atoms with Gasteiger partial charge in [0.2, 0.25) is 0 Å². The van der Waals surface area contributed by atoms with Crippen LogP contribution in [0.15, 0.2) is 55.2 Å². The third kappa shape index (κ3) is 2.82. The van der Waals surface area contributed by atoms with Gasteiger partial charge in [0.05, 0.1) is 23.1 Å². The maximum Gasteiger partial charge on any atom is 0.116 e. The SMILES string of the molecule is c1cc(N2CCCCC2)c2cc(-c3n[nH]c4cnc(-c5cncnc5)cc34)[nH]c2c1. The van der Waals surface area contributed by atoms with Crippen LogP contribution in [-0.2, 0) is 0 Å². The van der Waals surface area contributed by atoms with Crippen LogP contribution in [0.1, 0.15) is 19.3 Å². The third-order valence-corrected chi connectivity index (χ3v) is 5.90. The van der Waals surface area contributed by atoms with E-state index >= 15 is 0 Å². The Balaban J connectivity index is 1.47. The van der Waals surface area contributed by atoms with Crippen LogP contribution in [0.25, 0.3) is 44.5 Å². The lowest BCUT2D eigenvalue weighted by Crippen LogP contribution is -2.29. The molecule has 0 saturated carbocycles. The van der Waals surface area contributed by atoms with E-state index in [9.17, 15) is 0 Å². The molecule has 6 rings (SSSR count). The van der Waals surface area contributed by atoms with Gasteiger partial charge in [-0.1, -0.05) is 6.07 Å². The van der Waals surface area contributed by atoms with Gasteiger partial charge in [0.15, 0.2) is 0 Å². The molecule has 0 spiro atoms. The lowest BCUT2D eigenvalue weighted by molar-refractivity contribution is 0.579. The van der Waals surface area contributed by atoms with Crippen LogP contribution in [0, 0.1) is 0 Å². The van der Waals surface area contributed by atoms with Crippen molar-refractivity contribution in [3.05, 3.63) is 55.2 Å². The van der Waals surface area contributed by atoms with E-state index in [1.54, 1.807) is 12.4 Å². The number of rotatable bonds is 3. The Bertz CT molecular complexity index is 1330. The standard InChI is InChI=1S/C23H21N7/c1-2-7-30(8-3-1)22-6-4-5-18-16(22)9-20(27-18)23-17-10-19(15-11-24-14-25-12-15)26-13-21(17)28-29-23/h4-6,9-14,27H,1-3,7-8H2,(H,28,29). The number of aromatic nitrogens is 6. The Hall–Kier alpha value is -3.74. The van der Waals surface area contributed by atoms with E-state index < -0.39 is 0 Å². The molecule has 7 heteroatoms. The molecule has 7 nitrogen and oxygen atoms in total. The van der Waals surface area contributed by atoms with Crippen molar-refractivity contribution in [2.45, 2.75) is 19.3 Å². The maximum absolute atomic E-state index is 4.60. The van der Waals surface area contributed by atoms with Gasteiger partial charge in [-0.3, -0.25) is 10.1 Å². The first kappa shape index (κ1) is 17.1. The monoisotopic (exact) mass is 395 g/mol. The Morgan fingerprint density at radius 3 is 2.60 bits per heavy atom. The van der Waals surface area contributed by atoms with Crippen molar-refractivity contribution in [1.29, 1.82) is 0 Å². The summed E-state index contributed by atoms with van der Waals surface area (Å²) in [6.45, 7) is 2.25. The topological polar surface area (TPSA) is 86.4 Å². The van der Waals surface area contributed by atoms with Gasteiger partial charge >= 0.3 is 0 Å². The first-order valence-corrected chi connectivity index (χ1v) is 10.3. The number of nitrogens with zero attached hydrogens (tertiary/aromatic N) is 5. The van der Waals surface area contributed by atoms with Crippen molar-refractivity contribution >= 4 is 27.5 Å². The number of fused-ring (bicyclic) bond motifs is 2. The minimum Gasteiger partial charge on any atom is -0.371 e. The number of H-pyrrole nitrogens is 2. The van der Waals surface area contributed by atoms with E-state index in [1.807, 2.05) is 12.3 Å². The molecular weight excluding hydrogens is 374 g/mol. The highest BCUT2D eigenvalue weighted by Gasteiger charge is 2.17. The molecule has 2 N–H and O–H groups in total. The van der Waals surface area contributed by atoms with Crippen molar-refractivity contribution in [2.24, 2.45) is 0 Å². The average molecular weight is 395 g/mol. The molecule has 5 heterocycles. The van der Waals surface area contributed by atoms with Crippen molar-refractivity contribution in [3.63, 3.8) is 0 Å². The van der Waals surface area contributed by atoms with Crippen LogP contribution < -0.4 is 4.90 Å². The number of anilines is 1. The molecule has 30 heavy (non-hydrogen) atoms. The molecule has 148 valence electrons. The van der Waals surface area contributed by atoms with Gasteiger partial charge < -0.3 is 9.88 Å². The average Bonchev–Trinajstić information content (AvgIpc) is 3.43. The van der Waals surface area contributed by atoms with E-state index in [4.69, 9.17) is 0 Å². The van der Waals surface area contributed by atoms with Crippen molar-refractivity contribution in [1.82, 2.24) is 30.1 Å². The van der Waals surface area contributed by atoms with Crippen molar-refractivity contribution in [2.75, 3.05) is 18.0 Å². The van der Waals surface area contributed by atoms with Gasteiger partial charge in [-0.05, 0) is 43.5 Å². The Labute approximate surface area is 173 Å². The normalized spacial score (nSPS) is 14.6. The van der Waals surface area contributed by atoms with E-state index in [0.29, 0.717) is 0 Å². The number of piperidine rings is 1. The molecule has 0 atom stereocenters. The van der Waals surface area contributed by atoms with Crippen LogP contribution in [-0.4, -0.2) is 43.2 Å². The summed E-state index contributed by atoms with van der Waals surface area (Å²) >= 11 is 0. The predicted octanol–water partition coefficient (Wildman–Crippen LogP) is 4.55. The van der Waals surface area contributed by atoms with Crippen LogP contribution >= 0.6 is 0 Å². The second kappa shape index (κ2) is 6.95. The number of aromatic amines is 2. The van der Waals surface area contributed by atoms with Crippen molar-refractivity contribution in [3.8, 4) is 22.6 Å². The first-order valence-electron chi connectivity index (χ1n) is 10.3. The fourth-order valence-electron chi connectivity index (χ4n) is 4.39. The van der Waals surface area contributed by atoms with Gasteiger partial charge in [-0.2, -0.15) is 5.10 Å². The Kier molecular flexibility index (Phi) is 3.97. The molecule has 1 aliphatic heterocycles. The molecule has 4 aromatic heterocycles. The zero-order valence-electron chi connectivity index (χ0n) is 16.5. The van der Waals surface area contributed by atoms with Gasteiger partial charge in [0.25, 0.3) is 0 Å². The molecule has 0 aliphatic carbocycles. The second-order valence-electron chi connectivity index (χ2n) is 7.78. The number of hydrogen-bond acceptors (Lipinski definition) is 5. The minimum absolute atomic E-state index is 0.830. The molecule has 1 aliphatic rings. The van der Waals surface area contributed by atoms with Gasteiger partial charge in [0.1, 0.15) is 12.0 Å². The second-order valence-corrected chi connectivity index (χ2v) is 7.78. The summed E-state index contributed by atoms with van der Waals surface area (Å²) in [4.78, 5) is 18.8. The molecule has 1 aromatic carbocycles. The lowest BCUT2D eigenvalue weighted by atomic mass is 10.1. The zero-order valence-corrected chi connectivity index (χ0v) is 16.5. The molecular formula is C23H21N7. The van der Waals surface area contributed by atoms with E-state index in [1.165, 1.54) is 36.7 Å². The summed E-state index contributed by atoms with van der Waals surface area (Å²) in [7, 11) is 0. The summed E-state index contributed by atoms with van der Waals surface area (Å²) in [6, 6.07) is 10.8. The summed E-state index contributed by atoms with van der Waals surface area (Å²) in [5, 5.41) is 9.98. The summed E-state index contributed by atoms with van der Waals surface area (Å²) in [5.41, 5.74) is 6.95. The number of pyridine rings is 1. The Morgan fingerprint density at radius 2 is 1.73 bits per heavy atom. The third-order valence-electron chi connectivity index (χ3n) is 5.90. The summed E-state index contributed by atoms with van der Waals surface area (Å²) in [6.07, 6.45) is 10.7. The molecule has 5 aromatic rings. The fraction of sp³-hybridized carbons (Fsp3) is 0.217. The van der Waals surface area contributed by atoms with E-state index in [-0.39, 0.29) is 0 Å². The van der Waals surface area contributed by atoms with Crippen LogP contribution in [0.2, 0.25) is 0 Å². The highest BCUT2D eigenvalue weighted by Crippen LogP contribution is 2.35.